The molecule has 2 aromatic carbocycles. The number of fused-ring (bicyclic) bond motifs is 3. The topological polar surface area (TPSA) is 37.3 Å². The lowest BCUT2D eigenvalue weighted by Crippen LogP contribution is -2.06. The zero-order chi connectivity index (χ0) is 15.1. The van der Waals surface area contributed by atoms with Crippen molar-refractivity contribution in [3.63, 3.8) is 0 Å². The standard InChI is InChI=1S/C17H14Cl2O2/c1-2-9-3-4-11-12(5-9)14(8-16(20)21)17-13(11)6-10(18)7-15(17)19/h3-7,14H,2,8H2,1H3,(H,20,21). The molecule has 1 unspecified atom stereocenters. The van der Waals surface area contributed by atoms with Gasteiger partial charge >= 0.3 is 5.97 Å². The van der Waals surface area contributed by atoms with Crippen molar-refractivity contribution >= 4 is 29.2 Å². The molecule has 0 saturated heterocycles. The molecule has 0 heterocycles. The minimum Gasteiger partial charge on any atom is -0.481 e. The van der Waals surface area contributed by atoms with Gasteiger partial charge in [0.05, 0.1) is 6.42 Å². The maximum absolute atomic E-state index is 11.2. The second-order valence-corrected chi connectivity index (χ2v) is 6.12. The average molecular weight is 321 g/mol. The van der Waals surface area contributed by atoms with Crippen LogP contribution in [0.2, 0.25) is 10.0 Å². The van der Waals surface area contributed by atoms with Gasteiger partial charge < -0.3 is 5.11 Å². The van der Waals surface area contributed by atoms with Crippen molar-refractivity contribution in [3.8, 4) is 11.1 Å². The smallest absolute Gasteiger partial charge is 0.304 e. The third kappa shape index (κ3) is 2.43. The van der Waals surface area contributed by atoms with Gasteiger partial charge in [-0.3, -0.25) is 4.79 Å². The van der Waals surface area contributed by atoms with Gasteiger partial charge in [0, 0.05) is 16.0 Å². The Morgan fingerprint density at radius 3 is 2.62 bits per heavy atom. The Morgan fingerprint density at radius 2 is 1.95 bits per heavy atom. The minimum atomic E-state index is -0.827. The van der Waals surface area contributed by atoms with Crippen LogP contribution in [0.1, 0.15) is 36.0 Å². The minimum absolute atomic E-state index is 0.0362. The third-order valence-electron chi connectivity index (χ3n) is 4.01. The van der Waals surface area contributed by atoms with Crippen LogP contribution in [-0.2, 0) is 11.2 Å². The Bertz CT molecular complexity index is 738. The molecule has 0 aliphatic heterocycles. The maximum Gasteiger partial charge on any atom is 0.304 e. The van der Waals surface area contributed by atoms with Crippen molar-refractivity contribution in [1.82, 2.24) is 0 Å². The summed E-state index contributed by atoms with van der Waals surface area (Å²) >= 11 is 12.4. The first kappa shape index (κ1) is 14.4. The second kappa shape index (κ2) is 5.36. The van der Waals surface area contributed by atoms with E-state index in [1.807, 2.05) is 12.1 Å². The quantitative estimate of drug-likeness (QED) is 0.849. The normalized spacial score (nSPS) is 15.7. The molecule has 0 bridgehead atoms. The van der Waals surface area contributed by atoms with E-state index in [4.69, 9.17) is 23.2 Å². The Hall–Kier alpha value is -1.51. The summed E-state index contributed by atoms with van der Waals surface area (Å²) in [5.74, 6) is -1.03. The SMILES string of the molecule is CCc1ccc2c(c1)C(CC(=O)O)c1c(Cl)cc(Cl)cc1-2. The number of aryl methyl sites for hydroxylation is 1. The van der Waals surface area contributed by atoms with E-state index in [9.17, 15) is 9.90 Å². The summed E-state index contributed by atoms with van der Waals surface area (Å²) < 4.78 is 0. The molecule has 2 nitrogen and oxygen atoms in total. The lowest BCUT2D eigenvalue weighted by molar-refractivity contribution is -0.137. The molecule has 0 saturated carbocycles. The first-order valence-corrected chi connectivity index (χ1v) is 7.60. The number of carbonyl (C=O) groups is 1. The number of hydrogen-bond donors (Lipinski definition) is 1. The van der Waals surface area contributed by atoms with Crippen molar-refractivity contribution in [2.75, 3.05) is 0 Å². The molecule has 2 aromatic rings. The van der Waals surface area contributed by atoms with Crippen molar-refractivity contribution in [2.24, 2.45) is 0 Å². The monoisotopic (exact) mass is 320 g/mol. The van der Waals surface area contributed by atoms with E-state index in [0.717, 1.165) is 28.7 Å². The van der Waals surface area contributed by atoms with Crippen LogP contribution in [-0.4, -0.2) is 11.1 Å². The summed E-state index contributed by atoms with van der Waals surface area (Å²) in [5, 5.41) is 10.3. The predicted molar refractivity (Wildman–Crippen MR) is 85.4 cm³/mol. The first-order valence-electron chi connectivity index (χ1n) is 6.85. The molecular formula is C17H14Cl2O2. The Kier molecular flexibility index (Phi) is 3.68. The van der Waals surface area contributed by atoms with E-state index >= 15 is 0 Å². The van der Waals surface area contributed by atoms with E-state index in [1.165, 1.54) is 5.56 Å². The lowest BCUT2D eigenvalue weighted by atomic mass is 9.92. The van der Waals surface area contributed by atoms with Crippen LogP contribution in [0.3, 0.4) is 0 Å². The number of benzene rings is 2. The van der Waals surface area contributed by atoms with Crippen LogP contribution in [0.4, 0.5) is 0 Å². The van der Waals surface area contributed by atoms with Gasteiger partial charge in [0.2, 0.25) is 0 Å². The summed E-state index contributed by atoms with van der Waals surface area (Å²) in [6, 6.07) is 9.76. The molecule has 0 fully saturated rings. The van der Waals surface area contributed by atoms with E-state index in [0.29, 0.717) is 10.0 Å². The summed E-state index contributed by atoms with van der Waals surface area (Å²) in [6.07, 6.45) is 0.951. The molecule has 21 heavy (non-hydrogen) atoms. The van der Waals surface area contributed by atoms with Crippen LogP contribution in [0.15, 0.2) is 30.3 Å². The van der Waals surface area contributed by atoms with Gasteiger partial charge in [-0.1, -0.05) is 48.3 Å². The zero-order valence-corrected chi connectivity index (χ0v) is 13.0. The molecule has 4 heteroatoms. The van der Waals surface area contributed by atoms with Crippen LogP contribution in [0.5, 0.6) is 0 Å². The third-order valence-corrected chi connectivity index (χ3v) is 4.54. The van der Waals surface area contributed by atoms with Crippen LogP contribution >= 0.6 is 23.2 Å². The largest absolute Gasteiger partial charge is 0.481 e. The molecule has 0 amide bonds. The van der Waals surface area contributed by atoms with Gasteiger partial charge in [-0.05, 0) is 46.4 Å². The maximum atomic E-state index is 11.2. The number of rotatable bonds is 3. The fourth-order valence-electron chi connectivity index (χ4n) is 3.07. The second-order valence-electron chi connectivity index (χ2n) is 5.27. The van der Waals surface area contributed by atoms with Gasteiger partial charge in [-0.15, -0.1) is 0 Å². The van der Waals surface area contributed by atoms with Crippen LogP contribution in [0.25, 0.3) is 11.1 Å². The highest BCUT2D eigenvalue weighted by Gasteiger charge is 2.32. The van der Waals surface area contributed by atoms with Gasteiger partial charge in [-0.2, -0.15) is 0 Å². The molecule has 0 spiro atoms. The van der Waals surface area contributed by atoms with Crippen molar-refractivity contribution in [3.05, 3.63) is 57.1 Å². The summed E-state index contributed by atoms with van der Waals surface area (Å²) in [5.41, 5.74) is 5.11. The molecular weight excluding hydrogens is 307 g/mol. The van der Waals surface area contributed by atoms with Crippen molar-refractivity contribution in [2.45, 2.75) is 25.7 Å². The molecule has 1 aliphatic rings. The van der Waals surface area contributed by atoms with E-state index < -0.39 is 5.97 Å². The van der Waals surface area contributed by atoms with Crippen molar-refractivity contribution < 1.29 is 9.90 Å². The lowest BCUT2D eigenvalue weighted by Gasteiger charge is -2.13. The Balaban J connectivity index is 2.25. The highest BCUT2D eigenvalue weighted by atomic mass is 35.5. The molecule has 1 atom stereocenters. The fraction of sp³-hybridized carbons (Fsp3) is 0.235. The number of carboxylic acids is 1. The van der Waals surface area contributed by atoms with Gasteiger partial charge in [0.1, 0.15) is 0 Å². The number of carboxylic acid groups (broad SMARTS) is 1. The number of aliphatic carboxylic acids is 1. The summed E-state index contributed by atoms with van der Waals surface area (Å²) in [6.45, 7) is 2.08. The molecule has 108 valence electrons. The zero-order valence-electron chi connectivity index (χ0n) is 11.5. The van der Waals surface area contributed by atoms with Crippen LogP contribution < -0.4 is 0 Å². The average Bonchev–Trinajstić information content (AvgIpc) is 2.72. The molecule has 1 N–H and O–H groups in total. The predicted octanol–water partition coefficient (Wildman–Crippen LogP) is 5.14. The molecule has 3 rings (SSSR count). The highest BCUT2D eigenvalue weighted by molar-refractivity contribution is 6.36. The van der Waals surface area contributed by atoms with Crippen LogP contribution in [0, 0.1) is 0 Å². The molecule has 1 aliphatic carbocycles. The fourth-order valence-corrected chi connectivity index (χ4v) is 3.69. The van der Waals surface area contributed by atoms with E-state index in [-0.39, 0.29) is 12.3 Å². The number of hydrogen-bond acceptors (Lipinski definition) is 1. The molecule has 0 aromatic heterocycles. The van der Waals surface area contributed by atoms with Gasteiger partial charge in [0.25, 0.3) is 0 Å². The van der Waals surface area contributed by atoms with Gasteiger partial charge in [-0.25, -0.2) is 0 Å². The number of halogens is 2. The Labute approximate surface area is 133 Å². The summed E-state index contributed by atoms with van der Waals surface area (Å²) in [7, 11) is 0. The van der Waals surface area contributed by atoms with Crippen molar-refractivity contribution in [1.29, 1.82) is 0 Å². The summed E-state index contributed by atoms with van der Waals surface area (Å²) in [4.78, 5) is 11.2. The van der Waals surface area contributed by atoms with E-state index in [2.05, 4.69) is 19.1 Å². The first-order chi connectivity index (χ1) is 10.0. The Morgan fingerprint density at radius 1 is 1.19 bits per heavy atom. The highest BCUT2D eigenvalue weighted by Crippen LogP contribution is 2.50. The van der Waals surface area contributed by atoms with E-state index in [1.54, 1.807) is 6.07 Å². The van der Waals surface area contributed by atoms with Gasteiger partial charge in [0.15, 0.2) is 0 Å². The molecule has 0 radical (unpaired) electrons.